The lowest BCUT2D eigenvalue weighted by Gasteiger charge is -2.30. The topological polar surface area (TPSA) is 66.5 Å². The normalized spacial score (nSPS) is 20.3. The monoisotopic (exact) mass is 304 g/mol. The molecule has 1 aromatic carbocycles. The lowest BCUT2D eigenvalue weighted by atomic mass is 9.82. The molecular weight excluding hydrogens is 287 g/mol. The fourth-order valence-electron chi connectivity index (χ4n) is 3.21. The third-order valence-corrected chi connectivity index (χ3v) is 4.40. The first-order valence-electron chi connectivity index (χ1n) is 7.45. The Morgan fingerprint density at radius 2 is 1.95 bits per heavy atom. The van der Waals surface area contributed by atoms with Gasteiger partial charge in [0.15, 0.2) is 5.78 Å². The van der Waals surface area contributed by atoms with Crippen LogP contribution >= 0.6 is 0 Å². The number of carbonyl (C=O) groups is 3. The second-order valence-electron chi connectivity index (χ2n) is 5.90. The van der Waals surface area contributed by atoms with Crippen molar-refractivity contribution in [2.45, 2.75) is 37.6 Å². The standard InChI is InChI=1S/C16H17FN2O3/c17-12-6-4-5-11(9-12)13(20)10-19-14(21)16(18-15(19)22)7-2-1-3-8-16/h4-6,9H,1-3,7-8,10H2,(H,18,22). The van der Waals surface area contributed by atoms with E-state index in [2.05, 4.69) is 5.32 Å². The van der Waals surface area contributed by atoms with E-state index >= 15 is 0 Å². The van der Waals surface area contributed by atoms with Gasteiger partial charge in [-0.3, -0.25) is 14.5 Å². The minimum absolute atomic E-state index is 0.158. The first kappa shape index (κ1) is 14.7. The molecule has 0 bridgehead atoms. The molecular formula is C16H17FN2O3. The Balaban J connectivity index is 1.76. The lowest BCUT2D eigenvalue weighted by molar-refractivity contribution is -0.132. The Labute approximate surface area is 127 Å². The van der Waals surface area contributed by atoms with Crippen molar-refractivity contribution in [3.8, 4) is 0 Å². The van der Waals surface area contributed by atoms with Crippen molar-refractivity contribution in [2.75, 3.05) is 6.54 Å². The Bertz CT molecular complexity index is 638. The zero-order valence-electron chi connectivity index (χ0n) is 12.1. The zero-order chi connectivity index (χ0) is 15.7. The van der Waals surface area contributed by atoms with E-state index in [9.17, 15) is 18.8 Å². The number of rotatable bonds is 3. The van der Waals surface area contributed by atoms with Crippen LogP contribution in [0, 0.1) is 5.82 Å². The van der Waals surface area contributed by atoms with E-state index in [1.807, 2.05) is 0 Å². The number of carbonyl (C=O) groups excluding carboxylic acids is 3. The van der Waals surface area contributed by atoms with Crippen LogP contribution in [0.4, 0.5) is 9.18 Å². The molecule has 1 aliphatic heterocycles. The highest BCUT2D eigenvalue weighted by atomic mass is 19.1. The summed E-state index contributed by atoms with van der Waals surface area (Å²) >= 11 is 0. The van der Waals surface area contributed by atoms with Crippen LogP contribution in [-0.4, -0.2) is 34.7 Å². The number of nitrogens with one attached hydrogen (secondary N) is 1. The Hall–Kier alpha value is -2.24. The first-order valence-corrected chi connectivity index (χ1v) is 7.45. The second-order valence-corrected chi connectivity index (χ2v) is 5.90. The molecule has 1 saturated heterocycles. The summed E-state index contributed by atoms with van der Waals surface area (Å²) in [4.78, 5) is 37.7. The summed E-state index contributed by atoms with van der Waals surface area (Å²) in [5, 5.41) is 2.75. The predicted molar refractivity (Wildman–Crippen MR) is 76.8 cm³/mol. The van der Waals surface area contributed by atoms with Gasteiger partial charge in [0.25, 0.3) is 5.91 Å². The molecule has 22 heavy (non-hydrogen) atoms. The molecule has 1 spiro atoms. The minimum Gasteiger partial charge on any atom is -0.323 e. The van der Waals surface area contributed by atoms with Crippen molar-refractivity contribution < 1.29 is 18.8 Å². The molecule has 2 aliphatic rings. The highest BCUT2D eigenvalue weighted by Gasteiger charge is 2.51. The van der Waals surface area contributed by atoms with Gasteiger partial charge in [-0.1, -0.05) is 31.4 Å². The molecule has 1 N–H and O–H groups in total. The van der Waals surface area contributed by atoms with Crippen LogP contribution in [0.25, 0.3) is 0 Å². The molecule has 1 aromatic rings. The van der Waals surface area contributed by atoms with Gasteiger partial charge in [0.1, 0.15) is 11.4 Å². The van der Waals surface area contributed by atoms with Crippen LogP contribution in [-0.2, 0) is 4.79 Å². The van der Waals surface area contributed by atoms with Crippen LogP contribution in [0.1, 0.15) is 42.5 Å². The fourth-order valence-corrected chi connectivity index (χ4v) is 3.21. The third kappa shape index (κ3) is 2.49. The predicted octanol–water partition coefficient (Wildman–Crippen LogP) is 2.26. The number of imide groups is 1. The molecule has 0 aromatic heterocycles. The molecule has 5 nitrogen and oxygen atoms in total. The van der Waals surface area contributed by atoms with Gasteiger partial charge in [0.2, 0.25) is 0 Å². The third-order valence-electron chi connectivity index (χ3n) is 4.40. The van der Waals surface area contributed by atoms with E-state index in [-0.39, 0.29) is 18.0 Å². The van der Waals surface area contributed by atoms with Gasteiger partial charge in [-0.25, -0.2) is 9.18 Å². The number of hydrogen-bond acceptors (Lipinski definition) is 3. The lowest BCUT2D eigenvalue weighted by Crippen LogP contribution is -2.48. The van der Waals surface area contributed by atoms with E-state index in [0.717, 1.165) is 30.2 Å². The number of urea groups is 1. The van der Waals surface area contributed by atoms with Crippen LogP contribution in [0.15, 0.2) is 24.3 Å². The number of ketones is 1. The maximum Gasteiger partial charge on any atom is 0.325 e. The van der Waals surface area contributed by atoms with Crippen molar-refractivity contribution in [3.63, 3.8) is 0 Å². The second kappa shape index (κ2) is 5.51. The van der Waals surface area contributed by atoms with Crippen LogP contribution in [0.3, 0.4) is 0 Å². The summed E-state index contributed by atoms with van der Waals surface area (Å²) < 4.78 is 13.2. The number of amides is 3. The van der Waals surface area contributed by atoms with E-state index < -0.39 is 23.2 Å². The quantitative estimate of drug-likeness (QED) is 0.688. The Morgan fingerprint density at radius 3 is 2.64 bits per heavy atom. The molecule has 1 heterocycles. The zero-order valence-corrected chi connectivity index (χ0v) is 12.1. The van der Waals surface area contributed by atoms with Gasteiger partial charge in [-0.15, -0.1) is 0 Å². The minimum atomic E-state index is -0.836. The van der Waals surface area contributed by atoms with Gasteiger partial charge in [-0.05, 0) is 25.0 Å². The Morgan fingerprint density at radius 1 is 1.23 bits per heavy atom. The van der Waals surface area contributed by atoms with Crippen LogP contribution in [0.2, 0.25) is 0 Å². The van der Waals surface area contributed by atoms with E-state index in [1.54, 1.807) is 0 Å². The number of benzene rings is 1. The highest BCUT2D eigenvalue weighted by molar-refractivity contribution is 6.11. The molecule has 1 aliphatic carbocycles. The van der Waals surface area contributed by atoms with Gasteiger partial charge >= 0.3 is 6.03 Å². The summed E-state index contributed by atoms with van der Waals surface area (Å²) in [5.41, 5.74) is -0.678. The maximum atomic E-state index is 13.2. The van der Waals surface area contributed by atoms with E-state index in [0.29, 0.717) is 12.8 Å². The SMILES string of the molecule is O=C(CN1C(=O)NC2(CCCCC2)C1=O)c1cccc(F)c1. The smallest absolute Gasteiger partial charge is 0.323 e. The van der Waals surface area contributed by atoms with E-state index in [1.165, 1.54) is 18.2 Å². The highest BCUT2D eigenvalue weighted by Crippen LogP contribution is 2.33. The molecule has 3 rings (SSSR count). The summed E-state index contributed by atoms with van der Waals surface area (Å²) in [6.45, 7) is -0.351. The summed E-state index contributed by atoms with van der Waals surface area (Å²) in [6.07, 6.45) is 4.05. The molecule has 0 unspecified atom stereocenters. The summed E-state index contributed by atoms with van der Waals surface area (Å²) in [6, 6.07) is 4.72. The van der Waals surface area contributed by atoms with Crippen LogP contribution in [0.5, 0.6) is 0 Å². The van der Waals surface area contributed by atoms with Crippen molar-refractivity contribution in [2.24, 2.45) is 0 Å². The molecule has 3 amide bonds. The Kier molecular flexibility index (Phi) is 3.68. The number of nitrogens with zero attached hydrogens (tertiary/aromatic N) is 1. The van der Waals surface area contributed by atoms with E-state index in [4.69, 9.17) is 0 Å². The largest absolute Gasteiger partial charge is 0.325 e. The van der Waals surface area contributed by atoms with Crippen molar-refractivity contribution in [1.29, 1.82) is 0 Å². The number of halogens is 1. The van der Waals surface area contributed by atoms with Gasteiger partial charge in [0.05, 0.1) is 6.54 Å². The van der Waals surface area contributed by atoms with Crippen molar-refractivity contribution >= 4 is 17.7 Å². The summed E-state index contributed by atoms with van der Waals surface area (Å²) in [7, 11) is 0. The van der Waals surface area contributed by atoms with Crippen molar-refractivity contribution in [3.05, 3.63) is 35.6 Å². The summed E-state index contributed by atoms with van der Waals surface area (Å²) in [5.74, 6) is -1.30. The average Bonchev–Trinajstić information content (AvgIpc) is 2.72. The molecule has 0 atom stereocenters. The molecule has 2 fully saturated rings. The molecule has 116 valence electrons. The van der Waals surface area contributed by atoms with Gasteiger partial charge in [-0.2, -0.15) is 0 Å². The molecule has 1 saturated carbocycles. The molecule has 6 heteroatoms. The number of hydrogen-bond donors (Lipinski definition) is 1. The van der Waals surface area contributed by atoms with Crippen molar-refractivity contribution in [1.82, 2.24) is 10.2 Å². The van der Waals surface area contributed by atoms with Crippen LogP contribution < -0.4 is 5.32 Å². The number of Topliss-reactive ketones (excluding diaryl/α,β-unsaturated/α-hetero) is 1. The first-order chi connectivity index (χ1) is 10.5. The fraction of sp³-hybridized carbons (Fsp3) is 0.438. The maximum absolute atomic E-state index is 13.2. The average molecular weight is 304 g/mol. The molecule has 0 radical (unpaired) electrons. The van der Waals surface area contributed by atoms with Gasteiger partial charge in [0, 0.05) is 5.56 Å². The van der Waals surface area contributed by atoms with Gasteiger partial charge < -0.3 is 5.32 Å².